The van der Waals surface area contributed by atoms with Crippen LogP contribution in [0.1, 0.15) is 25.5 Å². The fourth-order valence-corrected chi connectivity index (χ4v) is 3.56. The molecule has 1 atom stereocenters. The molecule has 0 unspecified atom stereocenters. The Balaban J connectivity index is 1.65. The van der Waals surface area contributed by atoms with Crippen LogP contribution in [0.5, 0.6) is 5.75 Å². The molecular formula is C22H26F3N3O2. The summed E-state index contributed by atoms with van der Waals surface area (Å²) in [5.41, 5.74) is 1.55. The van der Waals surface area contributed by atoms with E-state index in [-0.39, 0.29) is 11.6 Å². The van der Waals surface area contributed by atoms with Crippen molar-refractivity contribution in [2.75, 3.05) is 44.2 Å². The van der Waals surface area contributed by atoms with Gasteiger partial charge in [-0.2, -0.15) is 0 Å². The quantitative estimate of drug-likeness (QED) is 0.743. The van der Waals surface area contributed by atoms with Crippen molar-refractivity contribution in [2.45, 2.75) is 19.9 Å². The standard InChI is InChI=1S/C22H26F3N3O2/c1-3-27-8-10-28(11-9-27)20-6-4-16(23)12-18(20)15(2)26-22(29)14-30-21-7-5-17(24)13-19(21)25/h4-7,12-13,15H,3,8-11,14H2,1-2H3,(H,26,29)/t15-/m1/s1. The van der Waals surface area contributed by atoms with Gasteiger partial charge in [-0.15, -0.1) is 0 Å². The van der Waals surface area contributed by atoms with E-state index in [0.29, 0.717) is 11.6 Å². The second kappa shape index (κ2) is 9.84. The van der Waals surface area contributed by atoms with Gasteiger partial charge in [0.1, 0.15) is 11.6 Å². The van der Waals surface area contributed by atoms with E-state index in [1.54, 1.807) is 13.0 Å². The molecule has 0 saturated carbocycles. The van der Waals surface area contributed by atoms with E-state index in [1.165, 1.54) is 12.1 Å². The van der Waals surface area contributed by atoms with Crippen molar-refractivity contribution < 1.29 is 22.7 Å². The molecule has 2 aromatic rings. The molecule has 0 radical (unpaired) electrons. The third-order valence-corrected chi connectivity index (χ3v) is 5.25. The predicted molar refractivity (Wildman–Crippen MR) is 109 cm³/mol. The summed E-state index contributed by atoms with van der Waals surface area (Å²) in [6, 6.07) is 6.96. The van der Waals surface area contributed by atoms with Gasteiger partial charge in [-0.05, 0) is 43.8 Å². The molecule has 1 N–H and O–H groups in total. The first-order valence-corrected chi connectivity index (χ1v) is 10.0. The molecule has 5 nitrogen and oxygen atoms in total. The van der Waals surface area contributed by atoms with Gasteiger partial charge in [0.15, 0.2) is 18.2 Å². The van der Waals surface area contributed by atoms with E-state index >= 15 is 0 Å². The van der Waals surface area contributed by atoms with Crippen LogP contribution in [-0.4, -0.2) is 50.1 Å². The lowest BCUT2D eigenvalue weighted by Crippen LogP contribution is -2.46. The van der Waals surface area contributed by atoms with Crippen molar-refractivity contribution in [1.82, 2.24) is 10.2 Å². The van der Waals surface area contributed by atoms with Crippen molar-refractivity contribution in [3.8, 4) is 5.75 Å². The first-order valence-electron chi connectivity index (χ1n) is 10.0. The molecule has 1 saturated heterocycles. The number of anilines is 1. The fraction of sp³-hybridized carbons (Fsp3) is 0.409. The number of ether oxygens (including phenoxy) is 1. The minimum atomic E-state index is -0.880. The highest BCUT2D eigenvalue weighted by Gasteiger charge is 2.22. The number of hydrogen-bond acceptors (Lipinski definition) is 4. The van der Waals surface area contributed by atoms with Crippen molar-refractivity contribution in [2.24, 2.45) is 0 Å². The molecule has 162 valence electrons. The van der Waals surface area contributed by atoms with Gasteiger partial charge >= 0.3 is 0 Å². The number of piperazine rings is 1. The summed E-state index contributed by atoms with van der Waals surface area (Å²) in [7, 11) is 0. The monoisotopic (exact) mass is 421 g/mol. The van der Waals surface area contributed by atoms with Crippen LogP contribution >= 0.6 is 0 Å². The minimum Gasteiger partial charge on any atom is -0.481 e. The van der Waals surface area contributed by atoms with Crippen molar-refractivity contribution in [1.29, 1.82) is 0 Å². The number of carbonyl (C=O) groups is 1. The largest absolute Gasteiger partial charge is 0.481 e. The molecular weight excluding hydrogens is 395 g/mol. The molecule has 2 aromatic carbocycles. The van der Waals surface area contributed by atoms with E-state index < -0.39 is 30.2 Å². The molecule has 0 aromatic heterocycles. The zero-order chi connectivity index (χ0) is 21.7. The molecule has 8 heteroatoms. The highest BCUT2D eigenvalue weighted by atomic mass is 19.1. The van der Waals surface area contributed by atoms with Crippen LogP contribution in [0.4, 0.5) is 18.9 Å². The summed E-state index contributed by atoms with van der Waals surface area (Å²) in [6.07, 6.45) is 0. The lowest BCUT2D eigenvalue weighted by Gasteiger charge is -2.37. The maximum atomic E-state index is 13.9. The first kappa shape index (κ1) is 22.0. The van der Waals surface area contributed by atoms with Gasteiger partial charge < -0.3 is 19.9 Å². The highest BCUT2D eigenvalue weighted by Crippen LogP contribution is 2.28. The number of hydrogen-bond donors (Lipinski definition) is 1. The number of rotatable bonds is 7. The summed E-state index contributed by atoms with van der Waals surface area (Å²) in [4.78, 5) is 16.8. The molecule has 1 fully saturated rings. The normalized spacial score (nSPS) is 15.7. The molecule has 1 aliphatic rings. The number of benzene rings is 2. The topological polar surface area (TPSA) is 44.8 Å². The van der Waals surface area contributed by atoms with Crippen molar-refractivity contribution >= 4 is 11.6 Å². The van der Waals surface area contributed by atoms with Crippen LogP contribution in [0.3, 0.4) is 0 Å². The minimum absolute atomic E-state index is 0.209. The molecule has 1 heterocycles. The molecule has 30 heavy (non-hydrogen) atoms. The Morgan fingerprint density at radius 2 is 1.73 bits per heavy atom. The Bertz CT molecular complexity index is 886. The third kappa shape index (κ3) is 5.44. The zero-order valence-electron chi connectivity index (χ0n) is 17.1. The van der Waals surface area contributed by atoms with Gasteiger partial charge in [-0.3, -0.25) is 4.79 Å². The predicted octanol–water partition coefficient (Wildman–Crippen LogP) is 3.50. The van der Waals surface area contributed by atoms with Crippen LogP contribution in [0.2, 0.25) is 0 Å². The van der Waals surface area contributed by atoms with E-state index in [9.17, 15) is 18.0 Å². The van der Waals surface area contributed by atoms with Crippen molar-refractivity contribution in [3.05, 3.63) is 59.4 Å². The molecule has 1 amide bonds. The SMILES string of the molecule is CCN1CCN(c2ccc(F)cc2[C@@H](C)NC(=O)COc2ccc(F)cc2F)CC1. The maximum absolute atomic E-state index is 13.9. The summed E-state index contributed by atoms with van der Waals surface area (Å²) < 4.78 is 45.7. The highest BCUT2D eigenvalue weighted by molar-refractivity contribution is 5.78. The van der Waals surface area contributed by atoms with E-state index in [0.717, 1.165) is 50.5 Å². The number of likely N-dealkylation sites (N-methyl/N-ethyl adjacent to an activating group) is 1. The average molecular weight is 421 g/mol. The summed E-state index contributed by atoms with van der Waals surface area (Å²) in [6.45, 7) is 7.92. The van der Waals surface area contributed by atoms with Crippen LogP contribution in [0.25, 0.3) is 0 Å². The van der Waals surface area contributed by atoms with E-state index in [1.807, 2.05) is 0 Å². The summed E-state index contributed by atoms with van der Waals surface area (Å²) >= 11 is 0. The summed E-state index contributed by atoms with van der Waals surface area (Å²) in [5.74, 6) is -2.69. The number of nitrogens with zero attached hydrogens (tertiary/aromatic N) is 2. The third-order valence-electron chi connectivity index (χ3n) is 5.25. The fourth-order valence-electron chi connectivity index (χ4n) is 3.56. The van der Waals surface area contributed by atoms with Gasteiger partial charge in [-0.25, -0.2) is 13.2 Å². The van der Waals surface area contributed by atoms with Gasteiger partial charge in [0.05, 0.1) is 6.04 Å². The number of halogens is 3. The van der Waals surface area contributed by atoms with Gasteiger partial charge in [-0.1, -0.05) is 6.92 Å². The van der Waals surface area contributed by atoms with Crippen LogP contribution in [-0.2, 0) is 4.79 Å². The van der Waals surface area contributed by atoms with Gasteiger partial charge in [0.2, 0.25) is 0 Å². The van der Waals surface area contributed by atoms with Gasteiger partial charge in [0, 0.05) is 43.5 Å². The van der Waals surface area contributed by atoms with Crippen LogP contribution in [0.15, 0.2) is 36.4 Å². The van der Waals surface area contributed by atoms with Crippen LogP contribution < -0.4 is 15.0 Å². The Morgan fingerprint density at radius 3 is 2.40 bits per heavy atom. The second-order valence-electron chi connectivity index (χ2n) is 7.28. The maximum Gasteiger partial charge on any atom is 0.258 e. The van der Waals surface area contributed by atoms with Gasteiger partial charge in [0.25, 0.3) is 5.91 Å². The molecule has 3 rings (SSSR count). The summed E-state index contributed by atoms with van der Waals surface area (Å²) in [5, 5.41) is 2.76. The molecule has 1 aliphatic heterocycles. The number of nitrogens with one attached hydrogen (secondary N) is 1. The Hall–Kier alpha value is -2.74. The van der Waals surface area contributed by atoms with Crippen LogP contribution in [0, 0.1) is 17.5 Å². The second-order valence-corrected chi connectivity index (χ2v) is 7.28. The zero-order valence-corrected chi connectivity index (χ0v) is 17.1. The smallest absolute Gasteiger partial charge is 0.258 e. The number of amides is 1. The molecule has 0 spiro atoms. The first-order chi connectivity index (χ1) is 14.4. The lowest BCUT2D eigenvalue weighted by atomic mass is 10.0. The Labute approximate surface area is 174 Å². The van der Waals surface area contributed by atoms with E-state index in [2.05, 4.69) is 22.0 Å². The molecule has 0 bridgehead atoms. The van der Waals surface area contributed by atoms with Crippen molar-refractivity contribution in [3.63, 3.8) is 0 Å². The Kier molecular flexibility index (Phi) is 7.20. The lowest BCUT2D eigenvalue weighted by molar-refractivity contribution is -0.123. The number of carbonyl (C=O) groups excluding carboxylic acids is 1. The van der Waals surface area contributed by atoms with E-state index in [4.69, 9.17) is 4.74 Å². The average Bonchev–Trinajstić information content (AvgIpc) is 2.73. The molecule has 0 aliphatic carbocycles. The Morgan fingerprint density at radius 1 is 1.07 bits per heavy atom.